The van der Waals surface area contributed by atoms with Crippen molar-refractivity contribution < 1.29 is 14.3 Å². The number of amides is 1. The average Bonchev–Trinajstić information content (AvgIpc) is 2.57. The van der Waals surface area contributed by atoms with Gasteiger partial charge in [0.25, 0.3) is 5.91 Å². The Morgan fingerprint density at radius 3 is 2.84 bits per heavy atom. The third-order valence-electron chi connectivity index (χ3n) is 3.10. The first-order valence-corrected chi connectivity index (χ1v) is 7.04. The first kappa shape index (κ1) is 13.9. The minimum absolute atomic E-state index is 0.115. The normalized spacial score (nSPS) is 17.3. The molecule has 0 bridgehead atoms. The third-order valence-corrected chi connectivity index (χ3v) is 4.16. The minimum Gasteiger partial charge on any atom is -0.462 e. The Morgan fingerprint density at radius 2 is 2.21 bits per heavy atom. The maximum absolute atomic E-state index is 12.0. The summed E-state index contributed by atoms with van der Waals surface area (Å²) in [4.78, 5) is 24.6. The maximum atomic E-state index is 12.0. The number of nitrogen functional groups attached to an aromatic ring is 1. The van der Waals surface area contributed by atoms with E-state index in [4.69, 9.17) is 10.5 Å². The van der Waals surface area contributed by atoms with Crippen molar-refractivity contribution in [3.8, 4) is 0 Å². The number of hydrogen-bond acceptors (Lipinski definition) is 5. The number of anilines is 1. The number of ether oxygens (including phenoxy) is 1. The Bertz CT molecular complexity index is 534. The molecule has 2 heterocycles. The van der Waals surface area contributed by atoms with Gasteiger partial charge in [0.2, 0.25) is 0 Å². The molecule has 0 aromatic carbocycles. The summed E-state index contributed by atoms with van der Waals surface area (Å²) in [6, 6.07) is 0. The number of nitrogens with one attached hydrogen (secondary N) is 1. The topological polar surface area (TPSA) is 81.4 Å². The summed E-state index contributed by atoms with van der Waals surface area (Å²) in [5.41, 5.74) is 6.87. The highest BCUT2D eigenvalue weighted by atomic mass is 32.1. The lowest BCUT2D eigenvalue weighted by molar-refractivity contribution is 0.0526. The van der Waals surface area contributed by atoms with E-state index in [1.807, 2.05) is 13.8 Å². The van der Waals surface area contributed by atoms with E-state index in [2.05, 4.69) is 5.32 Å². The van der Waals surface area contributed by atoms with Crippen LogP contribution in [0.15, 0.2) is 0 Å². The molecule has 2 rings (SSSR count). The van der Waals surface area contributed by atoms with Crippen LogP contribution in [0, 0.1) is 5.41 Å². The van der Waals surface area contributed by atoms with Crippen molar-refractivity contribution in [3.63, 3.8) is 0 Å². The first-order chi connectivity index (χ1) is 8.85. The number of esters is 1. The molecule has 0 saturated carbocycles. The van der Waals surface area contributed by atoms with E-state index < -0.39 is 5.97 Å². The molecule has 5 nitrogen and oxygen atoms in total. The summed E-state index contributed by atoms with van der Waals surface area (Å²) in [5.74, 6) is -0.601. The molecule has 0 saturated heterocycles. The summed E-state index contributed by atoms with van der Waals surface area (Å²) in [6.07, 6.45) is 0.628. The Hall–Kier alpha value is -1.56. The second-order valence-electron chi connectivity index (χ2n) is 5.39. The SMILES string of the molecule is CCOC(=O)c1c(N)sc2c1CC(C)(C)CNC2=O. The summed E-state index contributed by atoms with van der Waals surface area (Å²) >= 11 is 1.16. The van der Waals surface area contributed by atoms with Crippen LogP contribution in [-0.2, 0) is 11.2 Å². The number of carbonyl (C=O) groups is 2. The van der Waals surface area contributed by atoms with Crippen molar-refractivity contribution in [3.05, 3.63) is 16.0 Å². The molecular formula is C13H18N2O3S. The smallest absolute Gasteiger partial charge is 0.341 e. The van der Waals surface area contributed by atoms with Crippen molar-refractivity contribution in [1.29, 1.82) is 0 Å². The summed E-state index contributed by atoms with van der Waals surface area (Å²) in [6.45, 7) is 6.71. The Labute approximate surface area is 116 Å². The zero-order chi connectivity index (χ0) is 14.2. The summed E-state index contributed by atoms with van der Waals surface area (Å²) < 4.78 is 5.03. The van der Waals surface area contributed by atoms with Gasteiger partial charge >= 0.3 is 5.97 Å². The second kappa shape index (κ2) is 4.85. The fraction of sp³-hybridized carbons (Fsp3) is 0.538. The largest absolute Gasteiger partial charge is 0.462 e. The molecule has 1 aliphatic heterocycles. The van der Waals surface area contributed by atoms with Crippen LogP contribution in [0.3, 0.4) is 0 Å². The molecule has 0 aliphatic carbocycles. The molecule has 1 amide bonds. The van der Waals surface area contributed by atoms with Gasteiger partial charge in [0.05, 0.1) is 17.0 Å². The Morgan fingerprint density at radius 1 is 1.53 bits per heavy atom. The lowest BCUT2D eigenvalue weighted by Gasteiger charge is -2.22. The van der Waals surface area contributed by atoms with E-state index in [0.717, 1.165) is 16.9 Å². The molecule has 104 valence electrons. The molecule has 0 unspecified atom stereocenters. The lowest BCUT2D eigenvalue weighted by atomic mass is 9.85. The van der Waals surface area contributed by atoms with Crippen LogP contribution in [0.2, 0.25) is 0 Å². The Kier molecular flexibility index (Phi) is 3.54. The highest BCUT2D eigenvalue weighted by Crippen LogP contribution is 2.37. The minimum atomic E-state index is -0.442. The molecule has 6 heteroatoms. The number of thiophene rings is 1. The first-order valence-electron chi connectivity index (χ1n) is 6.22. The molecule has 19 heavy (non-hydrogen) atoms. The van der Waals surface area contributed by atoms with Crippen LogP contribution in [0.4, 0.5) is 5.00 Å². The van der Waals surface area contributed by atoms with Crippen LogP contribution in [0.25, 0.3) is 0 Å². The van der Waals surface area contributed by atoms with E-state index in [1.54, 1.807) is 6.92 Å². The molecule has 1 aromatic rings. The van der Waals surface area contributed by atoms with Crippen molar-refractivity contribution in [1.82, 2.24) is 5.32 Å². The predicted molar refractivity (Wildman–Crippen MR) is 74.5 cm³/mol. The van der Waals surface area contributed by atoms with Gasteiger partial charge in [0.15, 0.2) is 0 Å². The van der Waals surface area contributed by atoms with Crippen LogP contribution < -0.4 is 11.1 Å². The Balaban J connectivity index is 2.53. The van der Waals surface area contributed by atoms with E-state index in [0.29, 0.717) is 35.0 Å². The highest BCUT2D eigenvalue weighted by Gasteiger charge is 2.34. The van der Waals surface area contributed by atoms with Crippen molar-refractivity contribution in [2.45, 2.75) is 27.2 Å². The van der Waals surface area contributed by atoms with Gasteiger partial charge < -0.3 is 15.8 Å². The number of fused-ring (bicyclic) bond motifs is 1. The summed E-state index contributed by atoms with van der Waals surface area (Å²) in [7, 11) is 0. The van der Waals surface area contributed by atoms with Gasteiger partial charge in [-0.05, 0) is 24.3 Å². The predicted octanol–water partition coefficient (Wildman–Crippen LogP) is 1.82. The van der Waals surface area contributed by atoms with Gasteiger partial charge in [-0.1, -0.05) is 13.8 Å². The van der Waals surface area contributed by atoms with Crippen molar-refractivity contribution >= 4 is 28.2 Å². The average molecular weight is 282 g/mol. The fourth-order valence-electron chi connectivity index (χ4n) is 2.20. The third kappa shape index (κ3) is 2.58. The van der Waals surface area contributed by atoms with Crippen LogP contribution >= 0.6 is 11.3 Å². The second-order valence-corrected chi connectivity index (χ2v) is 6.45. The van der Waals surface area contributed by atoms with Gasteiger partial charge in [-0.3, -0.25) is 4.79 Å². The molecule has 0 radical (unpaired) electrons. The van der Waals surface area contributed by atoms with Gasteiger partial charge in [0.1, 0.15) is 5.00 Å². The van der Waals surface area contributed by atoms with Gasteiger partial charge in [0, 0.05) is 6.54 Å². The molecule has 1 aromatic heterocycles. The number of nitrogens with two attached hydrogens (primary N) is 1. The zero-order valence-corrected chi connectivity index (χ0v) is 12.1. The standard InChI is InChI=1S/C13H18N2O3S/c1-4-18-12(17)8-7-5-13(2,3)6-15-11(16)9(7)19-10(8)14/h4-6,14H2,1-3H3,(H,15,16). The number of carbonyl (C=O) groups excluding carboxylic acids is 2. The van der Waals surface area contributed by atoms with Gasteiger partial charge in [-0.25, -0.2) is 4.79 Å². The highest BCUT2D eigenvalue weighted by molar-refractivity contribution is 7.18. The van der Waals surface area contributed by atoms with Crippen molar-refractivity contribution in [2.75, 3.05) is 18.9 Å². The van der Waals surface area contributed by atoms with Crippen molar-refractivity contribution in [2.24, 2.45) is 5.41 Å². The molecule has 0 fully saturated rings. The summed E-state index contributed by atoms with van der Waals surface area (Å²) in [5, 5.41) is 3.22. The van der Waals surface area contributed by atoms with Crippen LogP contribution in [-0.4, -0.2) is 25.0 Å². The fourth-order valence-corrected chi connectivity index (χ4v) is 3.20. The van der Waals surface area contributed by atoms with E-state index >= 15 is 0 Å². The number of rotatable bonds is 2. The van der Waals surface area contributed by atoms with Crippen LogP contribution in [0.1, 0.15) is 46.4 Å². The van der Waals surface area contributed by atoms with E-state index in [-0.39, 0.29) is 11.3 Å². The molecular weight excluding hydrogens is 264 g/mol. The lowest BCUT2D eigenvalue weighted by Crippen LogP contribution is -2.31. The monoisotopic (exact) mass is 282 g/mol. The van der Waals surface area contributed by atoms with Gasteiger partial charge in [-0.2, -0.15) is 0 Å². The molecule has 1 aliphatic rings. The maximum Gasteiger partial charge on any atom is 0.341 e. The molecule has 3 N–H and O–H groups in total. The quantitative estimate of drug-likeness (QED) is 0.811. The van der Waals surface area contributed by atoms with Crippen LogP contribution in [0.5, 0.6) is 0 Å². The molecule has 0 spiro atoms. The van der Waals surface area contributed by atoms with Gasteiger partial charge in [-0.15, -0.1) is 11.3 Å². The number of hydrogen-bond donors (Lipinski definition) is 2. The zero-order valence-electron chi connectivity index (χ0n) is 11.3. The molecule has 0 atom stereocenters. The van der Waals surface area contributed by atoms with E-state index in [1.165, 1.54) is 0 Å². The van der Waals surface area contributed by atoms with E-state index in [9.17, 15) is 9.59 Å².